The molecule has 2 aliphatic rings. The quantitative estimate of drug-likeness (QED) is 0.859. The number of phenolic OH excluding ortho intramolecular Hbond substituents is 1. The van der Waals surface area contributed by atoms with E-state index in [1.165, 1.54) is 56.1 Å². The number of rotatable bonds is 3. The molecule has 1 aromatic carbocycles. The Bertz CT molecular complexity index is 451. The van der Waals surface area contributed by atoms with Crippen LogP contribution >= 0.6 is 0 Å². The first-order valence-electron chi connectivity index (χ1n) is 8.32. The van der Waals surface area contributed by atoms with Crippen LogP contribution < -0.4 is 5.32 Å². The van der Waals surface area contributed by atoms with E-state index in [9.17, 15) is 5.11 Å². The van der Waals surface area contributed by atoms with E-state index in [-0.39, 0.29) is 0 Å². The molecule has 1 unspecified atom stereocenters. The Morgan fingerprint density at radius 1 is 1.10 bits per heavy atom. The van der Waals surface area contributed by atoms with Crippen LogP contribution in [0, 0.1) is 5.92 Å². The fourth-order valence-corrected chi connectivity index (χ4v) is 4.05. The highest BCUT2D eigenvalue weighted by Gasteiger charge is 2.26. The largest absolute Gasteiger partial charge is 0.508 e. The van der Waals surface area contributed by atoms with E-state index in [0.717, 1.165) is 12.3 Å². The van der Waals surface area contributed by atoms with Gasteiger partial charge in [0, 0.05) is 12.1 Å². The minimum atomic E-state index is 0.405. The second-order valence-electron chi connectivity index (χ2n) is 6.68. The minimum absolute atomic E-state index is 0.405. The lowest BCUT2D eigenvalue weighted by atomic mass is 9.82. The fourth-order valence-electron chi connectivity index (χ4n) is 4.05. The van der Waals surface area contributed by atoms with Crippen molar-refractivity contribution in [1.82, 2.24) is 5.32 Å². The van der Waals surface area contributed by atoms with Crippen molar-refractivity contribution in [1.29, 1.82) is 0 Å². The number of hydrogen-bond acceptors (Lipinski definition) is 2. The first-order valence-corrected chi connectivity index (χ1v) is 8.32. The maximum atomic E-state index is 9.76. The van der Waals surface area contributed by atoms with Gasteiger partial charge in [-0.25, -0.2) is 0 Å². The first kappa shape index (κ1) is 13.9. The average molecular weight is 273 g/mol. The third kappa shape index (κ3) is 3.01. The van der Waals surface area contributed by atoms with Gasteiger partial charge in [-0.1, -0.05) is 25.3 Å². The Kier molecular flexibility index (Phi) is 4.30. The molecule has 1 saturated carbocycles. The van der Waals surface area contributed by atoms with E-state index < -0.39 is 0 Å². The second-order valence-corrected chi connectivity index (χ2v) is 6.68. The zero-order chi connectivity index (χ0) is 13.9. The Hall–Kier alpha value is -1.02. The molecule has 2 aliphatic carbocycles. The molecule has 2 N–H and O–H groups in total. The SMILES string of the molecule is C[C@H](NC1CCCc2ccc(O)cc21)C1CCCCC1. The second kappa shape index (κ2) is 6.17. The van der Waals surface area contributed by atoms with Crippen molar-refractivity contribution in [3.8, 4) is 5.75 Å². The molecule has 0 saturated heterocycles. The van der Waals surface area contributed by atoms with Crippen LogP contribution in [0.2, 0.25) is 0 Å². The van der Waals surface area contributed by atoms with E-state index in [1.54, 1.807) is 0 Å². The number of aryl methyl sites for hydroxylation is 1. The highest BCUT2D eigenvalue weighted by atomic mass is 16.3. The summed E-state index contributed by atoms with van der Waals surface area (Å²) in [5.41, 5.74) is 2.75. The van der Waals surface area contributed by atoms with Gasteiger partial charge in [0.25, 0.3) is 0 Å². The summed E-state index contributed by atoms with van der Waals surface area (Å²) in [5, 5.41) is 13.6. The number of nitrogens with one attached hydrogen (secondary N) is 1. The zero-order valence-corrected chi connectivity index (χ0v) is 12.6. The Labute approximate surface area is 122 Å². The summed E-state index contributed by atoms with van der Waals surface area (Å²) in [4.78, 5) is 0. The Morgan fingerprint density at radius 2 is 1.90 bits per heavy atom. The van der Waals surface area contributed by atoms with Crippen molar-refractivity contribution in [2.24, 2.45) is 5.92 Å². The molecule has 2 heteroatoms. The minimum Gasteiger partial charge on any atom is -0.508 e. The topological polar surface area (TPSA) is 32.3 Å². The van der Waals surface area contributed by atoms with Crippen LogP contribution in [0.3, 0.4) is 0 Å². The summed E-state index contributed by atoms with van der Waals surface area (Å²) in [6, 6.07) is 6.92. The highest BCUT2D eigenvalue weighted by Crippen LogP contribution is 2.34. The molecule has 0 aliphatic heterocycles. The van der Waals surface area contributed by atoms with Crippen LogP contribution in [0.4, 0.5) is 0 Å². The molecule has 1 fully saturated rings. The normalized spacial score (nSPS) is 25.1. The van der Waals surface area contributed by atoms with Crippen LogP contribution in [-0.4, -0.2) is 11.1 Å². The molecule has 0 aromatic heterocycles. The molecule has 2 nitrogen and oxygen atoms in total. The lowest BCUT2D eigenvalue weighted by molar-refractivity contribution is 0.256. The van der Waals surface area contributed by atoms with Gasteiger partial charge in [0.15, 0.2) is 0 Å². The predicted octanol–water partition coefficient (Wildman–Crippen LogP) is 4.33. The van der Waals surface area contributed by atoms with Crippen molar-refractivity contribution in [2.45, 2.75) is 70.4 Å². The molecule has 1 aromatic rings. The van der Waals surface area contributed by atoms with E-state index >= 15 is 0 Å². The number of phenols is 1. The van der Waals surface area contributed by atoms with Crippen molar-refractivity contribution >= 4 is 0 Å². The van der Waals surface area contributed by atoms with Crippen LogP contribution in [0.15, 0.2) is 18.2 Å². The first-order chi connectivity index (χ1) is 9.74. The number of aromatic hydroxyl groups is 1. The van der Waals surface area contributed by atoms with Gasteiger partial charge in [0.1, 0.15) is 5.75 Å². The van der Waals surface area contributed by atoms with Crippen LogP contribution in [0.5, 0.6) is 5.75 Å². The highest BCUT2D eigenvalue weighted by molar-refractivity contribution is 5.38. The smallest absolute Gasteiger partial charge is 0.115 e. The van der Waals surface area contributed by atoms with Crippen molar-refractivity contribution in [2.75, 3.05) is 0 Å². The van der Waals surface area contributed by atoms with Gasteiger partial charge in [0.2, 0.25) is 0 Å². The van der Waals surface area contributed by atoms with Gasteiger partial charge in [-0.15, -0.1) is 0 Å². The lowest BCUT2D eigenvalue weighted by Crippen LogP contribution is -2.38. The number of fused-ring (bicyclic) bond motifs is 1. The molecule has 3 rings (SSSR count). The van der Waals surface area contributed by atoms with Gasteiger partial charge in [-0.2, -0.15) is 0 Å². The molecular weight excluding hydrogens is 246 g/mol. The molecule has 20 heavy (non-hydrogen) atoms. The summed E-state index contributed by atoms with van der Waals surface area (Å²) in [6.45, 7) is 2.35. The third-order valence-corrected chi connectivity index (χ3v) is 5.26. The van der Waals surface area contributed by atoms with Crippen LogP contribution in [0.1, 0.15) is 69.0 Å². The van der Waals surface area contributed by atoms with Gasteiger partial charge in [-0.05, 0) is 68.2 Å². The molecule has 0 heterocycles. The predicted molar refractivity (Wildman–Crippen MR) is 83.0 cm³/mol. The Balaban J connectivity index is 1.70. The summed E-state index contributed by atoms with van der Waals surface area (Å²) < 4.78 is 0. The Morgan fingerprint density at radius 3 is 2.70 bits per heavy atom. The van der Waals surface area contributed by atoms with E-state index in [4.69, 9.17) is 0 Å². The molecule has 0 bridgehead atoms. The maximum Gasteiger partial charge on any atom is 0.115 e. The lowest BCUT2D eigenvalue weighted by Gasteiger charge is -2.34. The standard InChI is InChI=1S/C18H27NO/c1-13(14-6-3-2-4-7-14)19-18-9-5-8-15-10-11-16(20)12-17(15)18/h10-14,18-20H,2-9H2,1H3/t13-,18?/m0/s1. The van der Waals surface area contributed by atoms with Crippen LogP contribution in [-0.2, 0) is 6.42 Å². The fraction of sp³-hybridized carbons (Fsp3) is 0.667. The summed E-state index contributed by atoms with van der Waals surface area (Å²) in [5.74, 6) is 1.24. The summed E-state index contributed by atoms with van der Waals surface area (Å²) >= 11 is 0. The average Bonchev–Trinajstić information content (AvgIpc) is 2.49. The van der Waals surface area contributed by atoms with Gasteiger partial charge < -0.3 is 10.4 Å². The van der Waals surface area contributed by atoms with Crippen molar-refractivity contribution in [3.63, 3.8) is 0 Å². The molecule has 110 valence electrons. The van der Waals surface area contributed by atoms with E-state index in [1.807, 2.05) is 12.1 Å². The molecule has 0 amide bonds. The molecular formula is C18H27NO. The van der Waals surface area contributed by atoms with Gasteiger partial charge >= 0.3 is 0 Å². The zero-order valence-electron chi connectivity index (χ0n) is 12.6. The number of benzene rings is 1. The van der Waals surface area contributed by atoms with Crippen molar-refractivity contribution < 1.29 is 5.11 Å². The van der Waals surface area contributed by atoms with Gasteiger partial charge in [0.05, 0.1) is 0 Å². The molecule has 2 atom stereocenters. The molecule has 0 spiro atoms. The van der Waals surface area contributed by atoms with Crippen LogP contribution in [0.25, 0.3) is 0 Å². The third-order valence-electron chi connectivity index (χ3n) is 5.26. The van der Waals surface area contributed by atoms with Gasteiger partial charge in [-0.3, -0.25) is 0 Å². The van der Waals surface area contributed by atoms with Crippen molar-refractivity contribution in [3.05, 3.63) is 29.3 Å². The van der Waals surface area contributed by atoms with E-state index in [0.29, 0.717) is 17.8 Å². The molecule has 0 radical (unpaired) electrons. The summed E-state index contributed by atoms with van der Waals surface area (Å²) in [7, 11) is 0. The monoisotopic (exact) mass is 273 g/mol. The number of hydrogen-bond donors (Lipinski definition) is 2. The van der Waals surface area contributed by atoms with E-state index in [2.05, 4.69) is 18.3 Å². The summed E-state index contributed by atoms with van der Waals surface area (Å²) in [6.07, 6.45) is 10.6. The maximum absolute atomic E-state index is 9.76.